The summed E-state index contributed by atoms with van der Waals surface area (Å²) in [6, 6.07) is 0. The van der Waals surface area contributed by atoms with Crippen LogP contribution >= 0.6 is 0 Å². The molecule has 1 aliphatic rings. The van der Waals surface area contributed by atoms with Gasteiger partial charge in [0.2, 0.25) is 15.9 Å². The highest BCUT2D eigenvalue weighted by molar-refractivity contribution is 7.88. The van der Waals surface area contributed by atoms with Gasteiger partial charge in [0.15, 0.2) is 0 Å². The lowest BCUT2D eigenvalue weighted by Gasteiger charge is -2.31. The molecule has 0 bridgehead atoms. The smallest absolute Gasteiger partial charge is 0.237 e. The first-order chi connectivity index (χ1) is 5.95. The predicted octanol–water partition coefficient (Wildman–Crippen LogP) is -0.890. The molecule has 6 heteroatoms. The fourth-order valence-electron chi connectivity index (χ4n) is 1.30. The Bertz CT molecular complexity index is 299. The first kappa shape index (κ1) is 10.5. The molecule has 1 saturated heterocycles. The fourth-order valence-corrected chi connectivity index (χ4v) is 2.06. The van der Waals surface area contributed by atoms with E-state index in [2.05, 4.69) is 0 Å². The summed E-state index contributed by atoms with van der Waals surface area (Å²) in [7, 11) is -3.20. The molecular formula is C7H14N2O3S. The highest BCUT2D eigenvalue weighted by atomic mass is 32.2. The van der Waals surface area contributed by atoms with Crippen molar-refractivity contribution in [2.24, 2.45) is 0 Å². The van der Waals surface area contributed by atoms with Crippen molar-refractivity contribution in [2.45, 2.75) is 6.92 Å². The fraction of sp³-hybridized carbons (Fsp3) is 0.857. The van der Waals surface area contributed by atoms with Crippen LogP contribution in [0.1, 0.15) is 6.92 Å². The second-order valence-electron chi connectivity index (χ2n) is 3.07. The summed E-state index contributed by atoms with van der Waals surface area (Å²) in [5, 5.41) is 0. The molecule has 0 aromatic carbocycles. The number of sulfonamides is 1. The van der Waals surface area contributed by atoms with Gasteiger partial charge in [0, 0.05) is 19.6 Å². The van der Waals surface area contributed by atoms with Gasteiger partial charge in [0.05, 0.1) is 12.8 Å². The van der Waals surface area contributed by atoms with Gasteiger partial charge < -0.3 is 4.90 Å². The number of hydrogen-bond donors (Lipinski definition) is 0. The van der Waals surface area contributed by atoms with Gasteiger partial charge in [0.25, 0.3) is 0 Å². The van der Waals surface area contributed by atoms with Crippen LogP contribution < -0.4 is 0 Å². The van der Waals surface area contributed by atoms with E-state index in [4.69, 9.17) is 0 Å². The SMILES string of the molecule is CCN1CCN(S(C)(=O)=O)CC1=O. The van der Waals surface area contributed by atoms with Crippen molar-refractivity contribution in [3.8, 4) is 0 Å². The molecule has 76 valence electrons. The third-order valence-corrected chi connectivity index (χ3v) is 3.38. The standard InChI is InChI=1S/C7H14N2O3S/c1-3-8-4-5-9(6-7(8)10)13(2,11)12/h3-6H2,1-2H3. The predicted molar refractivity (Wildman–Crippen MR) is 48.7 cm³/mol. The third-order valence-electron chi connectivity index (χ3n) is 2.13. The minimum Gasteiger partial charge on any atom is -0.341 e. The van der Waals surface area contributed by atoms with Gasteiger partial charge in [0.1, 0.15) is 0 Å². The second-order valence-corrected chi connectivity index (χ2v) is 5.05. The van der Waals surface area contributed by atoms with Crippen LogP contribution in [0.4, 0.5) is 0 Å². The Morgan fingerprint density at radius 1 is 1.38 bits per heavy atom. The van der Waals surface area contributed by atoms with E-state index in [0.717, 1.165) is 6.26 Å². The van der Waals surface area contributed by atoms with Gasteiger partial charge in [-0.3, -0.25) is 4.79 Å². The first-order valence-electron chi connectivity index (χ1n) is 4.18. The lowest BCUT2D eigenvalue weighted by molar-refractivity contribution is -0.133. The normalized spacial score (nSPS) is 20.8. The number of amides is 1. The van der Waals surface area contributed by atoms with E-state index in [1.807, 2.05) is 6.92 Å². The summed E-state index contributed by atoms with van der Waals surface area (Å²) in [6.45, 7) is 3.44. The Kier molecular flexibility index (Phi) is 2.92. The minimum atomic E-state index is -3.20. The van der Waals surface area contributed by atoms with Crippen molar-refractivity contribution in [3.63, 3.8) is 0 Å². The van der Waals surface area contributed by atoms with Crippen molar-refractivity contribution in [3.05, 3.63) is 0 Å². The quantitative estimate of drug-likeness (QED) is 0.589. The van der Waals surface area contributed by atoms with Crippen molar-refractivity contribution in [2.75, 3.05) is 32.4 Å². The number of carbonyl (C=O) groups excluding carboxylic acids is 1. The maximum atomic E-state index is 11.3. The summed E-state index contributed by atoms with van der Waals surface area (Å²) >= 11 is 0. The molecule has 5 nitrogen and oxygen atoms in total. The van der Waals surface area contributed by atoms with E-state index in [1.54, 1.807) is 4.90 Å². The molecule has 1 fully saturated rings. The summed E-state index contributed by atoms with van der Waals surface area (Å²) in [5.74, 6) is -0.112. The van der Waals surface area contributed by atoms with Crippen LogP contribution in [0.15, 0.2) is 0 Å². The minimum absolute atomic E-state index is 0.00727. The van der Waals surface area contributed by atoms with E-state index >= 15 is 0 Å². The Hall–Kier alpha value is -0.620. The Morgan fingerprint density at radius 3 is 2.38 bits per heavy atom. The number of carbonyl (C=O) groups is 1. The van der Waals surface area contributed by atoms with E-state index in [1.165, 1.54) is 4.31 Å². The van der Waals surface area contributed by atoms with Crippen LogP contribution in [0.2, 0.25) is 0 Å². The second kappa shape index (κ2) is 3.63. The molecule has 0 aromatic rings. The molecule has 0 N–H and O–H groups in total. The highest BCUT2D eigenvalue weighted by Crippen LogP contribution is 2.06. The number of piperazine rings is 1. The van der Waals surface area contributed by atoms with E-state index in [9.17, 15) is 13.2 Å². The average Bonchev–Trinajstić information content (AvgIpc) is 2.02. The highest BCUT2D eigenvalue weighted by Gasteiger charge is 2.27. The molecule has 0 aromatic heterocycles. The van der Waals surface area contributed by atoms with Crippen molar-refractivity contribution < 1.29 is 13.2 Å². The Labute approximate surface area is 78.4 Å². The zero-order valence-corrected chi connectivity index (χ0v) is 8.67. The molecule has 0 aliphatic carbocycles. The summed E-state index contributed by atoms with van der Waals surface area (Å²) in [6.07, 6.45) is 1.13. The first-order valence-corrected chi connectivity index (χ1v) is 6.03. The molecular weight excluding hydrogens is 192 g/mol. The van der Waals surface area contributed by atoms with Crippen molar-refractivity contribution in [1.82, 2.24) is 9.21 Å². The van der Waals surface area contributed by atoms with Crippen LogP contribution in [0, 0.1) is 0 Å². The zero-order valence-electron chi connectivity index (χ0n) is 7.86. The van der Waals surface area contributed by atoms with Gasteiger partial charge in [-0.05, 0) is 6.92 Å². The average molecular weight is 206 g/mol. The van der Waals surface area contributed by atoms with Gasteiger partial charge in [-0.15, -0.1) is 0 Å². The van der Waals surface area contributed by atoms with Crippen LogP contribution in [-0.2, 0) is 14.8 Å². The molecule has 0 radical (unpaired) electrons. The van der Waals surface area contributed by atoms with Crippen LogP contribution in [0.3, 0.4) is 0 Å². The monoisotopic (exact) mass is 206 g/mol. The Balaban J connectivity index is 2.67. The lowest BCUT2D eigenvalue weighted by Crippen LogP contribution is -2.51. The molecule has 0 unspecified atom stereocenters. The summed E-state index contributed by atoms with van der Waals surface area (Å²) < 4.78 is 23.4. The topological polar surface area (TPSA) is 57.7 Å². The van der Waals surface area contributed by atoms with Crippen LogP contribution in [0.5, 0.6) is 0 Å². The number of hydrogen-bond acceptors (Lipinski definition) is 3. The third kappa shape index (κ3) is 2.41. The summed E-state index contributed by atoms with van der Waals surface area (Å²) in [5.41, 5.74) is 0. The van der Waals surface area contributed by atoms with Gasteiger partial charge in [-0.1, -0.05) is 0 Å². The molecule has 1 amide bonds. The molecule has 13 heavy (non-hydrogen) atoms. The molecule has 1 aliphatic heterocycles. The largest absolute Gasteiger partial charge is 0.341 e. The Morgan fingerprint density at radius 2 is 2.00 bits per heavy atom. The molecule has 0 saturated carbocycles. The van der Waals surface area contributed by atoms with E-state index in [0.29, 0.717) is 19.6 Å². The maximum Gasteiger partial charge on any atom is 0.237 e. The molecule has 1 heterocycles. The van der Waals surface area contributed by atoms with Crippen LogP contribution in [0.25, 0.3) is 0 Å². The number of likely N-dealkylation sites (N-methyl/N-ethyl adjacent to an activating group) is 1. The van der Waals surface area contributed by atoms with Crippen LogP contribution in [-0.4, -0.2) is 56.0 Å². The summed E-state index contributed by atoms with van der Waals surface area (Å²) in [4.78, 5) is 13.0. The van der Waals surface area contributed by atoms with Gasteiger partial charge >= 0.3 is 0 Å². The molecule has 0 spiro atoms. The van der Waals surface area contributed by atoms with Crippen molar-refractivity contribution >= 4 is 15.9 Å². The van der Waals surface area contributed by atoms with E-state index in [-0.39, 0.29) is 12.5 Å². The molecule has 1 rings (SSSR count). The van der Waals surface area contributed by atoms with Crippen molar-refractivity contribution in [1.29, 1.82) is 0 Å². The van der Waals surface area contributed by atoms with Gasteiger partial charge in [-0.25, -0.2) is 8.42 Å². The van der Waals surface area contributed by atoms with Gasteiger partial charge in [-0.2, -0.15) is 4.31 Å². The number of nitrogens with zero attached hydrogens (tertiary/aromatic N) is 2. The zero-order chi connectivity index (χ0) is 10.1. The lowest BCUT2D eigenvalue weighted by atomic mass is 10.3. The molecule has 0 atom stereocenters. The maximum absolute atomic E-state index is 11.3. The number of rotatable bonds is 2. The van der Waals surface area contributed by atoms with E-state index < -0.39 is 10.0 Å².